The molecule has 1 heteroatoms. The first-order chi connectivity index (χ1) is 13.6. The Morgan fingerprint density at radius 1 is 0.714 bits per heavy atom. The summed E-state index contributed by atoms with van der Waals surface area (Å²) >= 11 is 0. The van der Waals surface area contributed by atoms with Crippen molar-refractivity contribution in [2.24, 2.45) is 23.7 Å². The molecule has 4 bridgehead atoms. The normalized spacial score (nSPS) is 30.9. The number of hydrogen-bond acceptors (Lipinski definition) is 1. The second kappa shape index (κ2) is 6.17. The smallest absolute Gasteiger partial charge is 0.0709 e. The summed E-state index contributed by atoms with van der Waals surface area (Å²) in [6.45, 7) is 4.32. The minimum absolute atomic E-state index is 0.802. The number of aromatic nitrogens is 1. The number of aryl methyl sites for hydroxylation is 2. The predicted octanol–water partition coefficient (Wildman–Crippen LogP) is 7.06. The summed E-state index contributed by atoms with van der Waals surface area (Å²) in [5.41, 5.74) is 7.63. The monoisotopic (exact) mass is 367 g/mol. The fraction of sp³-hybridized carbons (Fsp3) is 0.444. The van der Waals surface area contributed by atoms with Crippen molar-refractivity contribution in [2.45, 2.75) is 51.9 Å². The highest BCUT2D eigenvalue weighted by atomic mass is 14.7. The van der Waals surface area contributed by atoms with Crippen LogP contribution in [-0.2, 0) is 0 Å². The van der Waals surface area contributed by atoms with E-state index in [0.29, 0.717) is 0 Å². The van der Waals surface area contributed by atoms with Gasteiger partial charge in [0.05, 0.1) is 11.2 Å². The molecule has 28 heavy (non-hydrogen) atoms. The molecule has 0 unspecified atom stereocenters. The second-order valence-electron chi connectivity index (χ2n) is 9.98. The lowest BCUT2D eigenvalue weighted by molar-refractivity contribution is -0.00273. The van der Waals surface area contributed by atoms with E-state index >= 15 is 0 Å². The molecule has 0 amide bonds. The Labute approximate surface area is 168 Å². The third-order valence-corrected chi connectivity index (χ3v) is 7.84. The van der Waals surface area contributed by atoms with Crippen LogP contribution < -0.4 is 0 Å². The summed E-state index contributed by atoms with van der Waals surface area (Å²) < 4.78 is 0. The SMILES string of the molecule is Cc1cc(C)cc(-c2ccc3cc(C4C5CC6CC(C5)CC4C6)ccc3n2)c1. The highest BCUT2D eigenvalue weighted by Crippen LogP contribution is 2.59. The molecule has 142 valence electrons. The lowest BCUT2D eigenvalue weighted by Crippen LogP contribution is -2.43. The van der Waals surface area contributed by atoms with E-state index in [0.717, 1.165) is 40.8 Å². The zero-order valence-electron chi connectivity index (χ0n) is 17.0. The summed E-state index contributed by atoms with van der Waals surface area (Å²) in [6, 6.07) is 18.3. The molecule has 2 aromatic carbocycles. The summed E-state index contributed by atoms with van der Waals surface area (Å²) in [7, 11) is 0. The van der Waals surface area contributed by atoms with E-state index in [9.17, 15) is 0 Å². The Morgan fingerprint density at radius 3 is 2.07 bits per heavy atom. The van der Waals surface area contributed by atoms with Gasteiger partial charge in [-0.2, -0.15) is 0 Å². The molecule has 0 radical (unpaired) electrons. The fourth-order valence-corrected chi connectivity index (χ4v) is 7.10. The average molecular weight is 368 g/mol. The number of nitrogens with zero attached hydrogens (tertiary/aromatic N) is 1. The minimum atomic E-state index is 0.802. The Balaban J connectivity index is 1.36. The number of fused-ring (bicyclic) bond motifs is 1. The zero-order valence-corrected chi connectivity index (χ0v) is 17.0. The van der Waals surface area contributed by atoms with Crippen molar-refractivity contribution in [3.8, 4) is 11.3 Å². The van der Waals surface area contributed by atoms with Crippen LogP contribution in [0.1, 0.15) is 54.7 Å². The zero-order chi connectivity index (χ0) is 18.8. The predicted molar refractivity (Wildman–Crippen MR) is 116 cm³/mol. The average Bonchev–Trinajstić information content (AvgIpc) is 2.66. The van der Waals surface area contributed by atoms with Crippen LogP contribution >= 0.6 is 0 Å². The maximum atomic E-state index is 5.01. The maximum absolute atomic E-state index is 5.01. The van der Waals surface area contributed by atoms with Crippen molar-refractivity contribution >= 4 is 10.9 Å². The van der Waals surface area contributed by atoms with Crippen molar-refractivity contribution in [1.29, 1.82) is 0 Å². The Morgan fingerprint density at radius 2 is 1.39 bits per heavy atom. The van der Waals surface area contributed by atoms with E-state index in [1.165, 1.54) is 54.2 Å². The van der Waals surface area contributed by atoms with Crippen LogP contribution in [0.25, 0.3) is 22.2 Å². The van der Waals surface area contributed by atoms with E-state index in [1.54, 1.807) is 5.56 Å². The van der Waals surface area contributed by atoms with Crippen molar-refractivity contribution in [2.75, 3.05) is 0 Å². The molecule has 4 aliphatic carbocycles. The van der Waals surface area contributed by atoms with Crippen LogP contribution in [-0.4, -0.2) is 4.98 Å². The molecule has 4 aliphatic rings. The van der Waals surface area contributed by atoms with Gasteiger partial charge in [-0.1, -0.05) is 29.3 Å². The van der Waals surface area contributed by atoms with Gasteiger partial charge >= 0.3 is 0 Å². The van der Waals surface area contributed by atoms with E-state index in [4.69, 9.17) is 4.98 Å². The van der Waals surface area contributed by atoms with Crippen LogP contribution in [0.4, 0.5) is 0 Å². The van der Waals surface area contributed by atoms with Gasteiger partial charge in [0.25, 0.3) is 0 Å². The fourth-order valence-electron chi connectivity index (χ4n) is 7.10. The van der Waals surface area contributed by atoms with Crippen LogP contribution in [0.5, 0.6) is 0 Å². The van der Waals surface area contributed by atoms with Gasteiger partial charge in [-0.25, -0.2) is 4.98 Å². The van der Waals surface area contributed by atoms with Crippen molar-refractivity contribution in [3.63, 3.8) is 0 Å². The Bertz CT molecular complexity index is 1010. The Kier molecular flexibility index (Phi) is 3.70. The first-order valence-electron chi connectivity index (χ1n) is 11.1. The van der Waals surface area contributed by atoms with Gasteiger partial charge in [0.1, 0.15) is 0 Å². The standard InChI is InChI=1S/C27H29N/c1-16-7-17(2)9-22(8-16)26-5-3-20-15-21(4-6-25(20)28-26)27-23-11-18-10-19(13-23)14-24(27)12-18/h3-9,15,18-19,23-24,27H,10-14H2,1-2H3. The third kappa shape index (κ3) is 2.70. The molecule has 0 N–H and O–H groups in total. The van der Waals surface area contributed by atoms with Gasteiger partial charge in [-0.05, 0) is 111 Å². The molecular formula is C27H29N. The van der Waals surface area contributed by atoms with Crippen molar-refractivity contribution in [3.05, 3.63) is 65.2 Å². The highest BCUT2D eigenvalue weighted by Gasteiger charge is 2.48. The topological polar surface area (TPSA) is 12.9 Å². The van der Waals surface area contributed by atoms with Gasteiger partial charge in [-0.3, -0.25) is 0 Å². The van der Waals surface area contributed by atoms with Gasteiger partial charge < -0.3 is 0 Å². The number of benzene rings is 2. The maximum Gasteiger partial charge on any atom is 0.0709 e. The lowest BCUT2D eigenvalue weighted by Gasteiger charge is -2.54. The van der Waals surface area contributed by atoms with Crippen molar-refractivity contribution in [1.82, 2.24) is 4.98 Å². The second-order valence-corrected chi connectivity index (χ2v) is 9.98. The molecule has 1 heterocycles. The third-order valence-electron chi connectivity index (χ3n) is 7.84. The molecule has 4 saturated carbocycles. The summed E-state index contributed by atoms with van der Waals surface area (Å²) in [5.74, 6) is 4.77. The number of rotatable bonds is 2. The van der Waals surface area contributed by atoms with Crippen LogP contribution in [0.2, 0.25) is 0 Å². The summed E-state index contributed by atoms with van der Waals surface area (Å²) in [4.78, 5) is 5.01. The molecule has 3 aromatic rings. The summed E-state index contributed by atoms with van der Waals surface area (Å²) in [6.07, 6.45) is 7.47. The first-order valence-corrected chi connectivity index (χ1v) is 11.1. The first kappa shape index (κ1) is 16.8. The van der Waals surface area contributed by atoms with Crippen LogP contribution in [0, 0.1) is 37.5 Å². The van der Waals surface area contributed by atoms with Crippen molar-refractivity contribution < 1.29 is 0 Å². The molecule has 1 aromatic heterocycles. The molecule has 0 spiro atoms. The molecule has 4 fully saturated rings. The molecular weight excluding hydrogens is 338 g/mol. The van der Waals surface area contributed by atoms with E-state index < -0.39 is 0 Å². The van der Waals surface area contributed by atoms with Gasteiger partial charge in [0.2, 0.25) is 0 Å². The van der Waals surface area contributed by atoms with E-state index in [1.807, 2.05) is 0 Å². The summed E-state index contributed by atoms with van der Waals surface area (Å²) in [5, 5.41) is 1.31. The largest absolute Gasteiger partial charge is 0.248 e. The van der Waals surface area contributed by atoms with Gasteiger partial charge in [0, 0.05) is 10.9 Å². The molecule has 0 aliphatic heterocycles. The van der Waals surface area contributed by atoms with Gasteiger partial charge in [-0.15, -0.1) is 0 Å². The van der Waals surface area contributed by atoms with E-state index in [2.05, 4.69) is 62.4 Å². The van der Waals surface area contributed by atoms with Crippen LogP contribution in [0.15, 0.2) is 48.5 Å². The number of hydrogen-bond donors (Lipinski definition) is 0. The number of pyridine rings is 1. The minimum Gasteiger partial charge on any atom is -0.248 e. The molecule has 1 nitrogen and oxygen atoms in total. The highest BCUT2D eigenvalue weighted by molar-refractivity contribution is 5.82. The van der Waals surface area contributed by atoms with Crippen LogP contribution in [0.3, 0.4) is 0 Å². The quantitative estimate of drug-likeness (QED) is 0.472. The lowest BCUT2D eigenvalue weighted by atomic mass is 9.51. The van der Waals surface area contributed by atoms with Gasteiger partial charge in [0.15, 0.2) is 0 Å². The van der Waals surface area contributed by atoms with E-state index in [-0.39, 0.29) is 0 Å². The molecule has 7 rings (SSSR count). The molecule has 0 saturated heterocycles. The molecule has 0 atom stereocenters. The Hall–Kier alpha value is -2.15.